The van der Waals surface area contributed by atoms with Gasteiger partial charge in [0.25, 0.3) is 5.89 Å². The van der Waals surface area contributed by atoms with Crippen molar-refractivity contribution in [3.8, 4) is 22.8 Å². The molecule has 26 heavy (non-hydrogen) atoms. The highest BCUT2D eigenvalue weighted by molar-refractivity contribution is 14.1. The van der Waals surface area contributed by atoms with Gasteiger partial charge in [-0.25, -0.2) is 0 Å². The Balaban J connectivity index is 1.48. The predicted molar refractivity (Wildman–Crippen MR) is 104 cm³/mol. The fraction of sp³-hybridized carbons (Fsp3) is 0.167. The Labute approximate surface area is 163 Å². The number of aromatic nitrogens is 6. The third-order valence-corrected chi connectivity index (χ3v) is 4.69. The summed E-state index contributed by atoms with van der Waals surface area (Å²) in [5, 5.41) is 12.6. The Morgan fingerprint density at radius 1 is 1.04 bits per heavy atom. The minimum atomic E-state index is 0.536. The van der Waals surface area contributed by atoms with Crippen molar-refractivity contribution in [3.05, 3.63) is 64.0 Å². The molecule has 0 aliphatic heterocycles. The summed E-state index contributed by atoms with van der Waals surface area (Å²) < 4.78 is 8.49. The molecule has 4 rings (SSSR count). The number of rotatable bonds is 5. The molecule has 0 fully saturated rings. The first-order chi connectivity index (χ1) is 12.7. The smallest absolute Gasteiger partial charge is 0.257 e. The molecular weight excluding hydrogens is 443 g/mol. The maximum atomic E-state index is 5.38. The molecule has 0 atom stereocenters. The fourth-order valence-corrected chi connectivity index (χ4v) is 3.19. The minimum Gasteiger partial charge on any atom is -0.334 e. The van der Waals surface area contributed by atoms with Gasteiger partial charge in [-0.2, -0.15) is 4.98 Å². The lowest BCUT2D eigenvalue weighted by molar-refractivity contribution is 0.422. The Hall–Kier alpha value is -2.62. The van der Waals surface area contributed by atoms with Crippen molar-refractivity contribution in [2.45, 2.75) is 12.8 Å². The maximum Gasteiger partial charge on any atom is 0.257 e. The number of nitrogens with zero attached hydrogens (tertiary/aromatic N) is 6. The van der Waals surface area contributed by atoms with Gasteiger partial charge in [-0.05, 0) is 52.9 Å². The van der Waals surface area contributed by atoms with Crippen LogP contribution in [-0.4, -0.2) is 29.9 Å². The standard InChI is InChI=1S/C18H15IN6O/c1-25-16(22-23-17(25)12-7-9-20-10-8-12)6-5-15-21-18(26-24-15)13-3-2-4-14(19)11-13/h2-4,7-11H,5-6H2,1H3. The third-order valence-electron chi connectivity index (χ3n) is 4.02. The molecule has 3 heterocycles. The minimum absolute atomic E-state index is 0.536. The monoisotopic (exact) mass is 458 g/mol. The van der Waals surface area contributed by atoms with E-state index in [2.05, 4.69) is 47.9 Å². The average Bonchev–Trinajstić information content (AvgIpc) is 3.28. The number of benzene rings is 1. The van der Waals surface area contributed by atoms with E-state index in [1.807, 2.05) is 48.0 Å². The second-order valence-corrected chi connectivity index (χ2v) is 7.01. The van der Waals surface area contributed by atoms with E-state index in [0.717, 1.165) is 26.3 Å². The molecular formula is C18H15IN6O. The van der Waals surface area contributed by atoms with Gasteiger partial charge < -0.3 is 9.09 Å². The normalized spacial score (nSPS) is 11.0. The first-order valence-electron chi connectivity index (χ1n) is 8.08. The van der Waals surface area contributed by atoms with E-state index in [-0.39, 0.29) is 0 Å². The van der Waals surface area contributed by atoms with Crippen LogP contribution >= 0.6 is 22.6 Å². The van der Waals surface area contributed by atoms with Crippen LogP contribution < -0.4 is 0 Å². The van der Waals surface area contributed by atoms with E-state index < -0.39 is 0 Å². The van der Waals surface area contributed by atoms with Gasteiger partial charge in [-0.1, -0.05) is 11.2 Å². The molecule has 8 heteroatoms. The molecule has 0 N–H and O–H groups in total. The Bertz CT molecular complexity index is 1030. The maximum absolute atomic E-state index is 5.38. The summed E-state index contributed by atoms with van der Waals surface area (Å²) in [6.45, 7) is 0. The third kappa shape index (κ3) is 3.50. The molecule has 0 radical (unpaired) electrons. The van der Waals surface area contributed by atoms with Crippen LogP contribution in [0, 0.1) is 3.57 Å². The highest BCUT2D eigenvalue weighted by atomic mass is 127. The lowest BCUT2D eigenvalue weighted by Crippen LogP contribution is -2.02. The van der Waals surface area contributed by atoms with E-state index in [1.165, 1.54) is 0 Å². The number of halogens is 1. The SMILES string of the molecule is Cn1c(CCc2noc(-c3cccc(I)c3)n2)nnc1-c1ccncc1. The van der Waals surface area contributed by atoms with Crippen LogP contribution in [0.4, 0.5) is 0 Å². The van der Waals surface area contributed by atoms with Gasteiger partial charge in [0.2, 0.25) is 0 Å². The second-order valence-electron chi connectivity index (χ2n) is 5.76. The van der Waals surface area contributed by atoms with Crippen LogP contribution in [0.2, 0.25) is 0 Å². The van der Waals surface area contributed by atoms with Crippen LogP contribution in [0.25, 0.3) is 22.8 Å². The summed E-state index contributed by atoms with van der Waals surface area (Å²) in [6.07, 6.45) is 4.81. The average molecular weight is 458 g/mol. The largest absolute Gasteiger partial charge is 0.334 e. The Kier molecular flexibility index (Phi) is 4.74. The first-order valence-corrected chi connectivity index (χ1v) is 9.16. The molecule has 4 aromatic rings. The molecule has 0 aliphatic carbocycles. The van der Waals surface area contributed by atoms with Crippen molar-refractivity contribution in [1.29, 1.82) is 0 Å². The van der Waals surface area contributed by atoms with Gasteiger partial charge >= 0.3 is 0 Å². The van der Waals surface area contributed by atoms with Gasteiger partial charge in [0, 0.05) is 47.0 Å². The number of hydrogen-bond donors (Lipinski definition) is 0. The summed E-state index contributed by atoms with van der Waals surface area (Å²) in [6, 6.07) is 11.8. The zero-order chi connectivity index (χ0) is 17.9. The van der Waals surface area contributed by atoms with Crippen molar-refractivity contribution in [2.75, 3.05) is 0 Å². The van der Waals surface area contributed by atoms with E-state index in [9.17, 15) is 0 Å². The number of hydrogen-bond acceptors (Lipinski definition) is 6. The Morgan fingerprint density at radius 3 is 2.69 bits per heavy atom. The van der Waals surface area contributed by atoms with Crippen LogP contribution in [0.5, 0.6) is 0 Å². The summed E-state index contributed by atoms with van der Waals surface area (Å²) >= 11 is 2.26. The number of pyridine rings is 1. The van der Waals surface area contributed by atoms with Crippen LogP contribution in [0.15, 0.2) is 53.3 Å². The highest BCUT2D eigenvalue weighted by Gasteiger charge is 2.13. The molecule has 0 unspecified atom stereocenters. The lowest BCUT2D eigenvalue weighted by Gasteiger charge is -2.02. The summed E-state index contributed by atoms with van der Waals surface area (Å²) in [7, 11) is 1.96. The molecule has 0 saturated heterocycles. The van der Waals surface area contributed by atoms with Crippen molar-refractivity contribution in [2.24, 2.45) is 7.05 Å². The van der Waals surface area contributed by atoms with E-state index >= 15 is 0 Å². The van der Waals surface area contributed by atoms with Crippen LogP contribution in [0.1, 0.15) is 11.6 Å². The highest BCUT2D eigenvalue weighted by Crippen LogP contribution is 2.20. The first kappa shape index (κ1) is 16.8. The number of aryl methyl sites for hydroxylation is 2. The van der Waals surface area contributed by atoms with Gasteiger partial charge in [-0.3, -0.25) is 4.98 Å². The Morgan fingerprint density at radius 2 is 1.88 bits per heavy atom. The summed E-state index contributed by atoms with van der Waals surface area (Å²) in [5.41, 5.74) is 1.91. The van der Waals surface area contributed by atoms with Gasteiger partial charge in [0.05, 0.1) is 0 Å². The lowest BCUT2D eigenvalue weighted by atomic mass is 10.2. The zero-order valence-corrected chi connectivity index (χ0v) is 16.2. The summed E-state index contributed by atoms with van der Waals surface area (Å²) in [5.74, 6) is 2.88. The van der Waals surface area contributed by atoms with Crippen LogP contribution in [0.3, 0.4) is 0 Å². The van der Waals surface area contributed by atoms with E-state index in [4.69, 9.17) is 4.52 Å². The molecule has 0 aliphatic rings. The van der Waals surface area contributed by atoms with E-state index in [0.29, 0.717) is 24.6 Å². The van der Waals surface area contributed by atoms with Crippen molar-refractivity contribution in [3.63, 3.8) is 0 Å². The van der Waals surface area contributed by atoms with Crippen molar-refractivity contribution >= 4 is 22.6 Å². The van der Waals surface area contributed by atoms with Crippen LogP contribution in [-0.2, 0) is 19.9 Å². The van der Waals surface area contributed by atoms with E-state index in [1.54, 1.807) is 12.4 Å². The van der Waals surface area contributed by atoms with Crippen molar-refractivity contribution in [1.82, 2.24) is 29.9 Å². The van der Waals surface area contributed by atoms with Gasteiger partial charge in [0.15, 0.2) is 11.6 Å². The second kappa shape index (κ2) is 7.32. The van der Waals surface area contributed by atoms with Gasteiger partial charge in [0.1, 0.15) is 5.82 Å². The zero-order valence-electron chi connectivity index (χ0n) is 14.0. The summed E-state index contributed by atoms with van der Waals surface area (Å²) in [4.78, 5) is 8.52. The molecule has 7 nitrogen and oxygen atoms in total. The molecule has 1 aromatic carbocycles. The molecule has 0 amide bonds. The molecule has 0 spiro atoms. The molecule has 130 valence electrons. The fourth-order valence-electron chi connectivity index (χ4n) is 2.65. The topological polar surface area (TPSA) is 82.5 Å². The van der Waals surface area contributed by atoms with Gasteiger partial charge in [-0.15, -0.1) is 10.2 Å². The predicted octanol–water partition coefficient (Wildman–Crippen LogP) is 3.32. The molecule has 3 aromatic heterocycles. The quantitative estimate of drug-likeness (QED) is 0.427. The van der Waals surface area contributed by atoms with Crippen molar-refractivity contribution < 1.29 is 4.52 Å². The molecule has 0 bridgehead atoms. The molecule has 0 saturated carbocycles.